The molecule has 1 heterocycles. The van der Waals surface area contributed by atoms with Crippen molar-refractivity contribution in [2.45, 2.75) is 25.4 Å². The van der Waals surface area contributed by atoms with Crippen LogP contribution >= 0.6 is 0 Å². The number of carbonyl (C=O) groups excluding carboxylic acids is 1. The summed E-state index contributed by atoms with van der Waals surface area (Å²) in [6, 6.07) is 9.85. The Hall–Kier alpha value is -1.39. The highest BCUT2D eigenvalue weighted by atomic mass is 16.2. The predicted molar refractivity (Wildman–Crippen MR) is 72.0 cm³/mol. The highest BCUT2D eigenvalue weighted by Gasteiger charge is 2.24. The highest BCUT2D eigenvalue weighted by molar-refractivity contribution is 5.77. The largest absolute Gasteiger partial charge is 0.337 e. The zero-order chi connectivity index (χ0) is 13.0. The summed E-state index contributed by atoms with van der Waals surface area (Å²) in [5.41, 5.74) is 7.11. The fourth-order valence-electron chi connectivity index (χ4n) is 2.34. The number of piperazine rings is 1. The molecule has 2 unspecified atom stereocenters. The minimum absolute atomic E-state index is 0.153. The lowest BCUT2D eigenvalue weighted by Crippen LogP contribution is -2.52. The van der Waals surface area contributed by atoms with E-state index in [0.717, 1.165) is 25.2 Å². The van der Waals surface area contributed by atoms with Crippen LogP contribution in [0.25, 0.3) is 0 Å². The second-order valence-electron chi connectivity index (χ2n) is 4.86. The van der Waals surface area contributed by atoms with Crippen molar-refractivity contribution in [3.05, 3.63) is 35.9 Å². The van der Waals surface area contributed by atoms with E-state index in [9.17, 15) is 4.79 Å². The Morgan fingerprint density at radius 1 is 1.50 bits per heavy atom. The van der Waals surface area contributed by atoms with Gasteiger partial charge in [0.05, 0.1) is 0 Å². The predicted octanol–water partition coefficient (Wildman–Crippen LogP) is 0.897. The molecule has 0 saturated carbocycles. The first-order valence-corrected chi connectivity index (χ1v) is 6.49. The molecular formula is C14H21N3O. The summed E-state index contributed by atoms with van der Waals surface area (Å²) < 4.78 is 0. The van der Waals surface area contributed by atoms with Crippen LogP contribution in [-0.4, -0.2) is 36.5 Å². The molecule has 0 aromatic heterocycles. The fourth-order valence-corrected chi connectivity index (χ4v) is 2.34. The standard InChI is InChI=1S/C14H21N3O/c1-11-10-16-7-8-17(11)14(18)9-13(15)12-5-3-2-4-6-12/h2-6,11,13,16H,7-10,15H2,1H3. The first-order valence-electron chi connectivity index (χ1n) is 6.49. The minimum Gasteiger partial charge on any atom is -0.337 e. The molecule has 4 nitrogen and oxygen atoms in total. The number of amides is 1. The van der Waals surface area contributed by atoms with Gasteiger partial charge in [0.25, 0.3) is 0 Å². The molecule has 0 bridgehead atoms. The van der Waals surface area contributed by atoms with Crippen molar-refractivity contribution in [3.8, 4) is 0 Å². The van der Waals surface area contributed by atoms with Crippen LogP contribution in [0, 0.1) is 0 Å². The van der Waals surface area contributed by atoms with Crippen molar-refractivity contribution in [1.82, 2.24) is 10.2 Å². The Labute approximate surface area is 108 Å². The lowest BCUT2D eigenvalue weighted by atomic mass is 10.0. The third-order valence-corrected chi connectivity index (χ3v) is 3.44. The SMILES string of the molecule is CC1CNCCN1C(=O)CC(N)c1ccccc1. The molecule has 1 aliphatic rings. The average Bonchev–Trinajstić information content (AvgIpc) is 2.40. The molecule has 2 atom stereocenters. The number of nitrogens with two attached hydrogens (primary N) is 1. The van der Waals surface area contributed by atoms with Crippen LogP contribution in [0.2, 0.25) is 0 Å². The minimum atomic E-state index is -0.208. The maximum atomic E-state index is 12.2. The van der Waals surface area contributed by atoms with Crippen LogP contribution in [-0.2, 0) is 4.79 Å². The second-order valence-corrected chi connectivity index (χ2v) is 4.86. The number of carbonyl (C=O) groups is 1. The average molecular weight is 247 g/mol. The summed E-state index contributed by atoms with van der Waals surface area (Å²) in [5, 5.41) is 3.28. The van der Waals surface area contributed by atoms with Crippen molar-refractivity contribution in [1.29, 1.82) is 0 Å². The van der Waals surface area contributed by atoms with Gasteiger partial charge < -0.3 is 16.0 Å². The van der Waals surface area contributed by atoms with E-state index in [2.05, 4.69) is 12.2 Å². The number of benzene rings is 1. The Morgan fingerprint density at radius 3 is 2.89 bits per heavy atom. The van der Waals surface area contributed by atoms with Crippen LogP contribution in [0.4, 0.5) is 0 Å². The van der Waals surface area contributed by atoms with Gasteiger partial charge in [-0.25, -0.2) is 0 Å². The Bertz CT molecular complexity index is 393. The quantitative estimate of drug-likeness (QED) is 0.834. The molecule has 0 radical (unpaired) electrons. The molecule has 0 aliphatic carbocycles. The molecule has 1 amide bonds. The van der Waals surface area contributed by atoms with E-state index in [1.54, 1.807) is 0 Å². The third-order valence-electron chi connectivity index (χ3n) is 3.44. The van der Waals surface area contributed by atoms with Gasteiger partial charge in [0.1, 0.15) is 0 Å². The Kier molecular flexibility index (Phi) is 4.33. The summed E-state index contributed by atoms with van der Waals surface area (Å²) in [5.74, 6) is 0.153. The maximum Gasteiger partial charge on any atom is 0.224 e. The van der Waals surface area contributed by atoms with Gasteiger partial charge in [-0.15, -0.1) is 0 Å². The van der Waals surface area contributed by atoms with Crippen molar-refractivity contribution in [2.75, 3.05) is 19.6 Å². The van der Waals surface area contributed by atoms with Gasteiger partial charge in [-0.3, -0.25) is 4.79 Å². The zero-order valence-corrected chi connectivity index (χ0v) is 10.8. The molecule has 1 aromatic rings. The Morgan fingerprint density at radius 2 is 2.22 bits per heavy atom. The van der Waals surface area contributed by atoms with Gasteiger partial charge in [0.15, 0.2) is 0 Å². The van der Waals surface area contributed by atoms with Crippen molar-refractivity contribution in [2.24, 2.45) is 5.73 Å². The summed E-state index contributed by atoms with van der Waals surface area (Å²) in [7, 11) is 0. The summed E-state index contributed by atoms with van der Waals surface area (Å²) >= 11 is 0. The first kappa shape index (κ1) is 13.1. The van der Waals surface area contributed by atoms with E-state index >= 15 is 0 Å². The molecule has 98 valence electrons. The first-order chi connectivity index (χ1) is 8.68. The Balaban J connectivity index is 1.94. The summed E-state index contributed by atoms with van der Waals surface area (Å²) in [6.45, 7) is 4.59. The van der Waals surface area contributed by atoms with E-state index in [1.165, 1.54) is 0 Å². The van der Waals surface area contributed by atoms with Gasteiger partial charge >= 0.3 is 0 Å². The van der Waals surface area contributed by atoms with E-state index < -0.39 is 0 Å². The lowest BCUT2D eigenvalue weighted by Gasteiger charge is -2.34. The van der Waals surface area contributed by atoms with E-state index in [-0.39, 0.29) is 18.0 Å². The second kappa shape index (κ2) is 5.98. The normalized spacial score (nSPS) is 21.7. The lowest BCUT2D eigenvalue weighted by molar-refractivity contribution is -0.134. The molecule has 0 spiro atoms. The van der Waals surface area contributed by atoms with Crippen LogP contribution in [0.15, 0.2) is 30.3 Å². The van der Waals surface area contributed by atoms with E-state index in [0.29, 0.717) is 6.42 Å². The van der Waals surface area contributed by atoms with Gasteiger partial charge in [0, 0.05) is 38.1 Å². The molecule has 3 N–H and O–H groups in total. The van der Waals surface area contributed by atoms with Crippen LogP contribution < -0.4 is 11.1 Å². The molecule has 1 saturated heterocycles. The van der Waals surface area contributed by atoms with E-state index in [4.69, 9.17) is 5.73 Å². The van der Waals surface area contributed by atoms with Crippen molar-refractivity contribution < 1.29 is 4.79 Å². The topological polar surface area (TPSA) is 58.4 Å². The highest BCUT2D eigenvalue weighted by Crippen LogP contribution is 2.16. The summed E-state index contributed by atoms with van der Waals surface area (Å²) in [4.78, 5) is 14.1. The molecule has 1 aromatic carbocycles. The monoisotopic (exact) mass is 247 g/mol. The van der Waals surface area contributed by atoms with Gasteiger partial charge in [0.2, 0.25) is 5.91 Å². The van der Waals surface area contributed by atoms with Gasteiger partial charge in [-0.1, -0.05) is 30.3 Å². The van der Waals surface area contributed by atoms with Crippen molar-refractivity contribution >= 4 is 5.91 Å². The molecule has 2 rings (SSSR count). The number of nitrogens with one attached hydrogen (secondary N) is 1. The zero-order valence-electron chi connectivity index (χ0n) is 10.8. The molecule has 4 heteroatoms. The smallest absolute Gasteiger partial charge is 0.224 e. The number of hydrogen-bond acceptors (Lipinski definition) is 3. The van der Waals surface area contributed by atoms with Gasteiger partial charge in [-0.2, -0.15) is 0 Å². The van der Waals surface area contributed by atoms with Crippen molar-refractivity contribution in [3.63, 3.8) is 0 Å². The molecule has 18 heavy (non-hydrogen) atoms. The molecule has 1 fully saturated rings. The van der Waals surface area contributed by atoms with Crippen LogP contribution in [0.5, 0.6) is 0 Å². The summed E-state index contributed by atoms with van der Waals surface area (Å²) in [6.07, 6.45) is 0.383. The molecular weight excluding hydrogens is 226 g/mol. The number of hydrogen-bond donors (Lipinski definition) is 2. The van der Waals surface area contributed by atoms with Gasteiger partial charge in [-0.05, 0) is 12.5 Å². The maximum absolute atomic E-state index is 12.2. The van der Waals surface area contributed by atoms with Crippen LogP contribution in [0.1, 0.15) is 24.9 Å². The fraction of sp³-hybridized carbons (Fsp3) is 0.500. The molecule has 1 aliphatic heterocycles. The number of rotatable bonds is 3. The van der Waals surface area contributed by atoms with E-state index in [1.807, 2.05) is 35.2 Å². The van der Waals surface area contributed by atoms with Crippen LogP contribution in [0.3, 0.4) is 0 Å². The third kappa shape index (κ3) is 3.09. The number of nitrogens with zero attached hydrogens (tertiary/aromatic N) is 1.